The van der Waals surface area contributed by atoms with Crippen molar-refractivity contribution in [1.82, 2.24) is 4.98 Å². The number of benzene rings is 2. The molecule has 0 aliphatic heterocycles. The molecule has 19 heavy (non-hydrogen) atoms. The predicted octanol–water partition coefficient (Wildman–Crippen LogP) is 3.84. The fourth-order valence-electron chi connectivity index (χ4n) is 2.23. The van der Waals surface area contributed by atoms with Crippen LogP contribution in [-0.2, 0) is 0 Å². The highest BCUT2D eigenvalue weighted by Crippen LogP contribution is 2.29. The Bertz CT molecular complexity index is 754. The second kappa shape index (κ2) is 4.28. The van der Waals surface area contributed by atoms with Crippen LogP contribution in [0.1, 0.15) is 15.9 Å². The smallest absolute Gasteiger partial charge is 0.335 e. The van der Waals surface area contributed by atoms with Gasteiger partial charge in [0, 0.05) is 22.7 Å². The average Bonchev–Trinajstić information content (AvgIpc) is 2.82. The molecule has 3 rings (SSSR count). The zero-order valence-electron chi connectivity index (χ0n) is 10.5. The molecular formula is C16H13NO2. The normalized spacial score (nSPS) is 10.8. The van der Waals surface area contributed by atoms with Crippen molar-refractivity contribution >= 4 is 16.9 Å². The first kappa shape index (κ1) is 11.5. The lowest BCUT2D eigenvalue weighted by Gasteiger charge is -2.01. The first-order valence-electron chi connectivity index (χ1n) is 6.06. The van der Waals surface area contributed by atoms with Crippen LogP contribution < -0.4 is 0 Å². The first-order chi connectivity index (χ1) is 9.15. The highest BCUT2D eigenvalue weighted by Gasteiger charge is 2.09. The van der Waals surface area contributed by atoms with Crippen molar-refractivity contribution in [3.05, 3.63) is 59.8 Å². The van der Waals surface area contributed by atoms with E-state index in [0.29, 0.717) is 5.56 Å². The number of hydrogen-bond acceptors (Lipinski definition) is 1. The van der Waals surface area contributed by atoms with E-state index in [9.17, 15) is 4.79 Å². The van der Waals surface area contributed by atoms with Gasteiger partial charge in [0.25, 0.3) is 0 Å². The maximum atomic E-state index is 11.0. The number of aromatic carboxylic acids is 1. The summed E-state index contributed by atoms with van der Waals surface area (Å²) >= 11 is 0. The van der Waals surface area contributed by atoms with Crippen molar-refractivity contribution in [1.29, 1.82) is 0 Å². The van der Waals surface area contributed by atoms with Crippen LogP contribution in [0.2, 0.25) is 0 Å². The molecule has 3 heteroatoms. The average molecular weight is 251 g/mol. The SMILES string of the molecule is Cc1ccc(-c2c[nH]c3ccc(C(=O)O)cc23)cc1. The summed E-state index contributed by atoms with van der Waals surface area (Å²) in [5, 5.41) is 10.0. The standard InChI is InChI=1S/C16H13NO2/c1-10-2-4-11(5-3-10)14-9-17-15-7-6-12(16(18)19)8-13(14)15/h2-9,17H,1H3,(H,18,19). The second-order valence-electron chi connectivity index (χ2n) is 4.63. The molecule has 0 aliphatic carbocycles. The third kappa shape index (κ3) is 1.99. The lowest BCUT2D eigenvalue weighted by atomic mass is 10.0. The fraction of sp³-hybridized carbons (Fsp3) is 0.0625. The van der Waals surface area contributed by atoms with E-state index in [2.05, 4.69) is 17.1 Å². The van der Waals surface area contributed by atoms with Crippen molar-refractivity contribution in [2.45, 2.75) is 6.92 Å². The number of hydrogen-bond donors (Lipinski definition) is 2. The van der Waals surface area contributed by atoms with E-state index in [-0.39, 0.29) is 0 Å². The van der Waals surface area contributed by atoms with E-state index in [4.69, 9.17) is 5.11 Å². The maximum absolute atomic E-state index is 11.0. The Labute approximate surface area is 110 Å². The van der Waals surface area contributed by atoms with Gasteiger partial charge in [-0.2, -0.15) is 0 Å². The summed E-state index contributed by atoms with van der Waals surface area (Å²) in [6.07, 6.45) is 1.92. The largest absolute Gasteiger partial charge is 0.478 e. The Kier molecular flexibility index (Phi) is 2.60. The van der Waals surface area contributed by atoms with E-state index >= 15 is 0 Å². The molecule has 0 aliphatic rings. The molecule has 94 valence electrons. The Balaban J connectivity index is 2.21. The summed E-state index contributed by atoms with van der Waals surface area (Å²) in [4.78, 5) is 14.2. The molecule has 1 aromatic heterocycles. The summed E-state index contributed by atoms with van der Waals surface area (Å²) in [5.41, 5.74) is 4.56. The highest BCUT2D eigenvalue weighted by atomic mass is 16.4. The fourth-order valence-corrected chi connectivity index (χ4v) is 2.23. The van der Waals surface area contributed by atoms with E-state index in [1.807, 2.05) is 25.3 Å². The zero-order chi connectivity index (χ0) is 13.4. The quantitative estimate of drug-likeness (QED) is 0.727. The topological polar surface area (TPSA) is 53.1 Å². The van der Waals surface area contributed by atoms with Crippen molar-refractivity contribution in [3.8, 4) is 11.1 Å². The second-order valence-corrected chi connectivity index (χ2v) is 4.63. The lowest BCUT2D eigenvalue weighted by Crippen LogP contribution is -1.94. The summed E-state index contributed by atoms with van der Waals surface area (Å²) < 4.78 is 0. The lowest BCUT2D eigenvalue weighted by molar-refractivity contribution is 0.0697. The van der Waals surface area contributed by atoms with Crippen LogP contribution >= 0.6 is 0 Å². The van der Waals surface area contributed by atoms with Gasteiger partial charge in [-0.1, -0.05) is 29.8 Å². The van der Waals surface area contributed by atoms with Crippen LogP contribution in [0.15, 0.2) is 48.7 Å². The zero-order valence-corrected chi connectivity index (χ0v) is 10.5. The Morgan fingerprint density at radius 3 is 2.53 bits per heavy atom. The van der Waals surface area contributed by atoms with Crippen LogP contribution in [0.4, 0.5) is 0 Å². The van der Waals surface area contributed by atoms with Gasteiger partial charge in [-0.05, 0) is 30.7 Å². The number of aryl methyl sites for hydroxylation is 1. The van der Waals surface area contributed by atoms with Gasteiger partial charge in [-0.25, -0.2) is 4.79 Å². The molecule has 0 radical (unpaired) electrons. The van der Waals surface area contributed by atoms with E-state index in [1.165, 1.54) is 5.56 Å². The van der Waals surface area contributed by atoms with Crippen LogP contribution in [-0.4, -0.2) is 16.1 Å². The van der Waals surface area contributed by atoms with Crippen LogP contribution in [0.3, 0.4) is 0 Å². The van der Waals surface area contributed by atoms with Gasteiger partial charge in [0.05, 0.1) is 5.56 Å². The summed E-state index contributed by atoms with van der Waals surface area (Å²) in [6.45, 7) is 2.04. The van der Waals surface area contributed by atoms with Crippen molar-refractivity contribution in [3.63, 3.8) is 0 Å². The van der Waals surface area contributed by atoms with Crippen molar-refractivity contribution in [2.24, 2.45) is 0 Å². The molecule has 0 saturated carbocycles. The van der Waals surface area contributed by atoms with Crippen molar-refractivity contribution in [2.75, 3.05) is 0 Å². The number of aromatic nitrogens is 1. The Hall–Kier alpha value is -2.55. The summed E-state index contributed by atoms with van der Waals surface area (Å²) in [6, 6.07) is 13.3. The number of H-pyrrole nitrogens is 1. The molecule has 3 aromatic rings. The van der Waals surface area contributed by atoms with Gasteiger partial charge in [0.15, 0.2) is 0 Å². The Morgan fingerprint density at radius 1 is 1.11 bits per heavy atom. The molecule has 0 unspecified atom stereocenters. The number of nitrogens with one attached hydrogen (secondary N) is 1. The van der Waals surface area contributed by atoms with E-state index < -0.39 is 5.97 Å². The molecule has 0 bridgehead atoms. The summed E-state index contributed by atoms with van der Waals surface area (Å²) in [7, 11) is 0. The third-order valence-corrected chi connectivity index (χ3v) is 3.29. The highest BCUT2D eigenvalue weighted by molar-refractivity contribution is 6.00. The van der Waals surface area contributed by atoms with Gasteiger partial charge < -0.3 is 10.1 Å². The molecule has 0 spiro atoms. The molecule has 3 nitrogen and oxygen atoms in total. The van der Waals surface area contributed by atoms with Gasteiger partial charge in [-0.15, -0.1) is 0 Å². The molecule has 0 fully saturated rings. The number of rotatable bonds is 2. The molecule has 0 amide bonds. The van der Waals surface area contributed by atoms with Crippen molar-refractivity contribution < 1.29 is 9.90 Å². The van der Waals surface area contributed by atoms with Gasteiger partial charge in [0.1, 0.15) is 0 Å². The van der Waals surface area contributed by atoms with Crippen LogP contribution in [0, 0.1) is 6.92 Å². The Morgan fingerprint density at radius 2 is 1.84 bits per heavy atom. The van der Waals surface area contributed by atoms with Gasteiger partial charge >= 0.3 is 5.97 Å². The minimum absolute atomic E-state index is 0.306. The maximum Gasteiger partial charge on any atom is 0.335 e. The van der Waals surface area contributed by atoms with Crippen LogP contribution in [0.5, 0.6) is 0 Å². The molecule has 2 N–H and O–H groups in total. The number of fused-ring (bicyclic) bond motifs is 1. The summed E-state index contributed by atoms with van der Waals surface area (Å²) in [5.74, 6) is -0.905. The predicted molar refractivity (Wildman–Crippen MR) is 75.4 cm³/mol. The van der Waals surface area contributed by atoms with E-state index in [1.54, 1.807) is 18.2 Å². The molecular weight excluding hydrogens is 238 g/mol. The third-order valence-electron chi connectivity index (χ3n) is 3.29. The minimum atomic E-state index is -0.905. The number of carboxylic acid groups (broad SMARTS) is 1. The molecule has 1 heterocycles. The first-order valence-corrected chi connectivity index (χ1v) is 6.06. The minimum Gasteiger partial charge on any atom is -0.478 e. The van der Waals surface area contributed by atoms with Crippen LogP contribution in [0.25, 0.3) is 22.0 Å². The van der Waals surface area contributed by atoms with Gasteiger partial charge in [0.2, 0.25) is 0 Å². The van der Waals surface area contributed by atoms with E-state index in [0.717, 1.165) is 22.0 Å². The number of carbonyl (C=O) groups is 1. The van der Waals surface area contributed by atoms with Gasteiger partial charge in [-0.3, -0.25) is 0 Å². The monoisotopic (exact) mass is 251 g/mol. The number of carboxylic acids is 1. The molecule has 0 atom stereocenters. The molecule has 2 aromatic carbocycles. The number of aromatic amines is 1. The molecule has 0 saturated heterocycles.